The average molecular weight is 299 g/mol. The average Bonchev–Trinajstić information content (AvgIpc) is 2.42. The highest BCUT2D eigenvalue weighted by molar-refractivity contribution is 6.29. The van der Waals surface area contributed by atoms with Crippen LogP contribution < -0.4 is 5.32 Å². The van der Waals surface area contributed by atoms with E-state index in [9.17, 15) is 9.59 Å². The summed E-state index contributed by atoms with van der Waals surface area (Å²) in [5.41, 5.74) is 0.466. The van der Waals surface area contributed by atoms with Crippen molar-refractivity contribution in [2.75, 3.05) is 6.54 Å². The van der Waals surface area contributed by atoms with Gasteiger partial charge in [0.2, 0.25) is 0 Å². The van der Waals surface area contributed by atoms with Crippen LogP contribution in [0.3, 0.4) is 0 Å². The molecule has 0 bridgehead atoms. The molecular formula is C14H19ClN2O3. The van der Waals surface area contributed by atoms with E-state index in [1.165, 1.54) is 6.20 Å². The number of pyridine rings is 1. The summed E-state index contributed by atoms with van der Waals surface area (Å²) < 4.78 is 0. The second kappa shape index (κ2) is 8.53. The third kappa shape index (κ3) is 6.02. The standard InChI is InChI=1S/C14H19ClN2O3/c1-2-10(3-6-13(18)19)7-8-16-14(20)11-4-5-12(15)17-9-11/h4-5,9-10H,2-3,6-8H2,1H3,(H,16,20)(H,18,19). The van der Waals surface area contributed by atoms with E-state index in [0.717, 1.165) is 12.8 Å². The third-order valence-corrected chi connectivity index (χ3v) is 3.40. The number of hydrogen-bond acceptors (Lipinski definition) is 3. The summed E-state index contributed by atoms with van der Waals surface area (Å²) in [5.74, 6) is -0.656. The number of hydrogen-bond donors (Lipinski definition) is 2. The highest BCUT2D eigenvalue weighted by Crippen LogP contribution is 2.14. The minimum Gasteiger partial charge on any atom is -0.481 e. The SMILES string of the molecule is CCC(CCNC(=O)c1ccc(Cl)nc1)CCC(=O)O. The van der Waals surface area contributed by atoms with Crippen molar-refractivity contribution < 1.29 is 14.7 Å². The number of carboxylic acid groups (broad SMARTS) is 1. The largest absolute Gasteiger partial charge is 0.481 e. The molecule has 0 radical (unpaired) electrons. The van der Waals surface area contributed by atoms with Crippen LogP contribution in [-0.2, 0) is 4.79 Å². The van der Waals surface area contributed by atoms with E-state index >= 15 is 0 Å². The molecule has 0 saturated carbocycles. The summed E-state index contributed by atoms with van der Waals surface area (Å²) in [4.78, 5) is 26.2. The molecule has 0 spiro atoms. The fourth-order valence-electron chi connectivity index (χ4n) is 1.88. The van der Waals surface area contributed by atoms with E-state index in [0.29, 0.717) is 29.6 Å². The number of nitrogens with one attached hydrogen (secondary N) is 1. The third-order valence-electron chi connectivity index (χ3n) is 3.17. The number of amides is 1. The molecule has 1 atom stereocenters. The molecule has 1 rings (SSSR count). The van der Waals surface area contributed by atoms with Crippen LogP contribution in [0.1, 0.15) is 43.0 Å². The lowest BCUT2D eigenvalue weighted by molar-refractivity contribution is -0.137. The van der Waals surface area contributed by atoms with Gasteiger partial charge < -0.3 is 10.4 Å². The van der Waals surface area contributed by atoms with Gasteiger partial charge in [-0.25, -0.2) is 4.98 Å². The van der Waals surface area contributed by atoms with Crippen molar-refractivity contribution in [2.24, 2.45) is 5.92 Å². The highest BCUT2D eigenvalue weighted by atomic mass is 35.5. The van der Waals surface area contributed by atoms with Gasteiger partial charge in [-0.05, 0) is 30.9 Å². The number of halogens is 1. The number of rotatable bonds is 8. The Morgan fingerprint density at radius 3 is 2.70 bits per heavy atom. The van der Waals surface area contributed by atoms with Crippen molar-refractivity contribution in [3.8, 4) is 0 Å². The van der Waals surface area contributed by atoms with Crippen LogP contribution in [0.4, 0.5) is 0 Å². The Labute approximate surface area is 123 Å². The lowest BCUT2D eigenvalue weighted by Gasteiger charge is -2.14. The van der Waals surface area contributed by atoms with E-state index in [1.54, 1.807) is 12.1 Å². The summed E-state index contributed by atoms with van der Waals surface area (Å²) >= 11 is 5.65. The lowest BCUT2D eigenvalue weighted by Crippen LogP contribution is -2.26. The fraction of sp³-hybridized carbons (Fsp3) is 0.500. The first-order chi connectivity index (χ1) is 9.52. The molecule has 1 unspecified atom stereocenters. The van der Waals surface area contributed by atoms with Crippen LogP contribution >= 0.6 is 11.6 Å². The molecular weight excluding hydrogens is 280 g/mol. The number of carboxylic acids is 1. The maximum absolute atomic E-state index is 11.8. The monoisotopic (exact) mass is 298 g/mol. The Morgan fingerprint density at radius 1 is 1.40 bits per heavy atom. The van der Waals surface area contributed by atoms with Crippen molar-refractivity contribution in [3.05, 3.63) is 29.0 Å². The molecule has 1 heterocycles. The second-order valence-electron chi connectivity index (χ2n) is 4.62. The summed E-state index contributed by atoms with van der Waals surface area (Å²) in [6.45, 7) is 2.55. The van der Waals surface area contributed by atoms with Gasteiger partial charge in [-0.2, -0.15) is 0 Å². The zero-order chi connectivity index (χ0) is 15.0. The second-order valence-corrected chi connectivity index (χ2v) is 5.01. The molecule has 110 valence electrons. The minimum absolute atomic E-state index is 0.174. The molecule has 5 nitrogen and oxygen atoms in total. The zero-order valence-corrected chi connectivity index (χ0v) is 12.2. The van der Waals surface area contributed by atoms with Gasteiger partial charge in [0.15, 0.2) is 0 Å². The van der Waals surface area contributed by atoms with E-state index in [1.807, 2.05) is 6.92 Å². The number of carbonyl (C=O) groups is 2. The topological polar surface area (TPSA) is 79.3 Å². The van der Waals surface area contributed by atoms with E-state index in [2.05, 4.69) is 10.3 Å². The molecule has 20 heavy (non-hydrogen) atoms. The molecule has 1 aromatic rings. The van der Waals surface area contributed by atoms with Gasteiger partial charge in [0.25, 0.3) is 5.91 Å². The Balaban J connectivity index is 2.33. The van der Waals surface area contributed by atoms with Crippen LogP contribution in [0.5, 0.6) is 0 Å². The molecule has 2 N–H and O–H groups in total. The smallest absolute Gasteiger partial charge is 0.303 e. The number of aromatic nitrogens is 1. The first-order valence-corrected chi connectivity index (χ1v) is 7.02. The van der Waals surface area contributed by atoms with Gasteiger partial charge >= 0.3 is 5.97 Å². The van der Waals surface area contributed by atoms with Crippen molar-refractivity contribution >= 4 is 23.5 Å². The molecule has 1 aromatic heterocycles. The van der Waals surface area contributed by atoms with Crippen LogP contribution in [0.25, 0.3) is 0 Å². The summed E-state index contributed by atoms with van der Waals surface area (Å²) in [6.07, 6.45) is 3.93. The Morgan fingerprint density at radius 2 is 2.15 bits per heavy atom. The molecule has 1 amide bonds. The van der Waals surface area contributed by atoms with Gasteiger partial charge in [-0.15, -0.1) is 0 Å². The number of aliphatic carboxylic acids is 1. The molecule has 0 aliphatic rings. The maximum atomic E-state index is 11.8. The molecule has 0 aromatic carbocycles. The van der Waals surface area contributed by atoms with Crippen molar-refractivity contribution in [3.63, 3.8) is 0 Å². The zero-order valence-electron chi connectivity index (χ0n) is 11.4. The molecule has 0 fully saturated rings. The Bertz CT molecular complexity index is 448. The van der Waals surface area contributed by atoms with Gasteiger partial charge in [0, 0.05) is 19.2 Å². The predicted octanol–water partition coefficient (Wildman–Crippen LogP) is 2.75. The van der Waals surface area contributed by atoms with Crippen LogP contribution in [0.2, 0.25) is 5.15 Å². The fourth-order valence-corrected chi connectivity index (χ4v) is 1.99. The number of carbonyl (C=O) groups excluding carboxylic acids is 1. The highest BCUT2D eigenvalue weighted by Gasteiger charge is 2.10. The number of nitrogens with zero attached hydrogens (tertiary/aromatic N) is 1. The molecule has 0 aliphatic heterocycles. The lowest BCUT2D eigenvalue weighted by atomic mass is 9.96. The van der Waals surface area contributed by atoms with Gasteiger partial charge in [-0.1, -0.05) is 24.9 Å². The Hall–Kier alpha value is -1.62. The van der Waals surface area contributed by atoms with Crippen molar-refractivity contribution in [1.82, 2.24) is 10.3 Å². The summed E-state index contributed by atoms with van der Waals surface area (Å²) in [5, 5.41) is 11.8. The van der Waals surface area contributed by atoms with Gasteiger partial charge in [-0.3, -0.25) is 9.59 Å². The quantitative estimate of drug-likeness (QED) is 0.723. The maximum Gasteiger partial charge on any atom is 0.303 e. The van der Waals surface area contributed by atoms with Crippen LogP contribution in [0.15, 0.2) is 18.3 Å². The van der Waals surface area contributed by atoms with Crippen LogP contribution in [-0.4, -0.2) is 28.5 Å². The first kappa shape index (κ1) is 16.4. The minimum atomic E-state index is -0.778. The molecule has 6 heteroatoms. The first-order valence-electron chi connectivity index (χ1n) is 6.64. The molecule has 0 saturated heterocycles. The summed E-state index contributed by atoms with van der Waals surface area (Å²) in [6, 6.07) is 3.19. The van der Waals surface area contributed by atoms with E-state index in [-0.39, 0.29) is 12.3 Å². The van der Waals surface area contributed by atoms with Crippen molar-refractivity contribution in [2.45, 2.75) is 32.6 Å². The van der Waals surface area contributed by atoms with Gasteiger partial charge in [0.1, 0.15) is 5.15 Å². The van der Waals surface area contributed by atoms with Gasteiger partial charge in [0.05, 0.1) is 5.56 Å². The van der Waals surface area contributed by atoms with E-state index in [4.69, 9.17) is 16.7 Å². The molecule has 0 aliphatic carbocycles. The Kier molecular flexibility index (Phi) is 7.01. The predicted molar refractivity (Wildman–Crippen MR) is 76.8 cm³/mol. The van der Waals surface area contributed by atoms with Crippen molar-refractivity contribution in [1.29, 1.82) is 0 Å². The van der Waals surface area contributed by atoms with Crippen LogP contribution in [0, 0.1) is 5.92 Å². The normalized spacial score (nSPS) is 11.9. The van der Waals surface area contributed by atoms with E-state index < -0.39 is 5.97 Å². The summed E-state index contributed by atoms with van der Waals surface area (Å²) in [7, 11) is 0.